The van der Waals surface area contributed by atoms with Gasteiger partial charge >= 0.3 is 0 Å². The van der Waals surface area contributed by atoms with Crippen LogP contribution in [0.5, 0.6) is 0 Å². The molecule has 5 heteroatoms. The van der Waals surface area contributed by atoms with E-state index in [0.717, 1.165) is 95.7 Å². The molecule has 60 heavy (non-hydrogen) atoms. The van der Waals surface area contributed by atoms with E-state index < -0.39 is 0 Å². The van der Waals surface area contributed by atoms with Crippen molar-refractivity contribution in [2.24, 2.45) is 0 Å². The summed E-state index contributed by atoms with van der Waals surface area (Å²) >= 11 is 0. The number of para-hydroxylation sites is 2. The summed E-state index contributed by atoms with van der Waals surface area (Å²) in [6.07, 6.45) is 6.35. The normalized spacial score (nSPS) is 12.5. The fraction of sp³-hybridized carbons (Fsp3) is 0.0364. The number of aromatic nitrogens is 3. The minimum atomic E-state index is 0.568. The molecule has 0 radical (unpaired) electrons. The molecule has 0 aliphatic heterocycles. The van der Waals surface area contributed by atoms with E-state index in [0.29, 0.717) is 17.5 Å². The topological polar surface area (TPSA) is 65.0 Å². The second-order valence-electron chi connectivity index (χ2n) is 15.4. The fourth-order valence-electron chi connectivity index (χ4n) is 9.02. The molecule has 0 saturated heterocycles. The van der Waals surface area contributed by atoms with Crippen LogP contribution in [0.3, 0.4) is 0 Å². The number of furan rings is 2. The summed E-state index contributed by atoms with van der Waals surface area (Å²) in [6.45, 7) is 0. The average Bonchev–Trinajstić information content (AvgIpc) is 3.89. The smallest absolute Gasteiger partial charge is 0.165 e. The molecular weight excluding hydrogens is 735 g/mol. The van der Waals surface area contributed by atoms with Gasteiger partial charge < -0.3 is 8.83 Å². The third kappa shape index (κ3) is 5.66. The van der Waals surface area contributed by atoms with Gasteiger partial charge in [0.05, 0.1) is 0 Å². The van der Waals surface area contributed by atoms with E-state index >= 15 is 0 Å². The Balaban J connectivity index is 1.15. The van der Waals surface area contributed by atoms with E-state index in [2.05, 4.69) is 152 Å². The number of hydrogen-bond acceptors (Lipinski definition) is 5. The highest BCUT2D eigenvalue weighted by Gasteiger charge is 2.25. The van der Waals surface area contributed by atoms with Crippen LogP contribution in [0.15, 0.2) is 191 Å². The van der Waals surface area contributed by atoms with Crippen molar-refractivity contribution < 1.29 is 8.83 Å². The second kappa shape index (κ2) is 13.9. The predicted molar refractivity (Wildman–Crippen MR) is 244 cm³/mol. The van der Waals surface area contributed by atoms with E-state index in [1.165, 1.54) is 22.3 Å². The minimum absolute atomic E-state index is 0.568. The Kier molecular flexibility index (Phi) is 7.91. The molecule has 1 aliphatic rings. The molecule has 12 rings (SSSR count). The first-order valence-corrected chi connectivity index (χ1v) is 20.4. The number of hydrogen-bond donors (Lipinski definition) is 0. The van der Waals surface area contributed by atoms with Crippen molar-refractivity contribution in [1.82, 2.24) is 15.0 Å². The highest BCUT2D eigenvalue weighted by Crippen LogP contribution is 2.44. The number of nitrogens with zero attached hydrogens (tertiary/aromatic N) is 3. The van der Waals surface area contributed by atoms with Crippen molar-refractivity contribution in [3.63, 3.8) is 0 Å². The van der Waals surface area contributed by atoms with Gasteiger partial charge in [-0.25, -0.2) is 15.0 Å². The van der Waals surface area contributed by atoms with Gasteiger partial charge in [-0.2, -0.15) is 0 Å². The Bertz CT molecular complexity index is 3490. The SMILES string of the molecule is C1=Cc2c(-c3ccccc3)ccc(-c3nc(-c4ccc5c(c4)oc4ccccc45)nc(-c4c(-c5cccc(-c6ccccc6)c5)ccc5oc6ccccc6c45)n3)c2CC1. The highest BCUT2D eigenvalue weighted by molar-refractivity contribution is 6.15. The first-order valence-electron chi connectivity index (χ1n) is 20.4. The third-order valence-electron chi connectivity index (χ3n) is 11.8. The molecule has 0 fully saturated rings. The van der Waals surface area contributed by atoms with Crippen LogP contribution >= 0.6 is 0 Å². The number of benzene rings is 8. The summed E-state index contributed by atoms with van der Waals surface area (Å²) in [5.41, 5.74) is 15.1. The summed E-state index contributed by atoms with van der Waals surface area (Å²) in [4.78, 5) is 16.3. The molecule has 0 atom stereocenters. The first kappa shape index (κ1) is 34.2. The van der Waals surface area contributed by atoms with E-state index in [4.69, 9.17) is 23.8 Å². The quantitative estimate of drug-likeness (QED) is 0.168. The summed E-state index contributed by atoms with van der Waals surface area (Å²) in [5, 5.41) is 4.10. The Morgan fingerprint density at radius 3 is 1.87 bits per heavy atom. The van der Waals surface area contributed by atoms with Gasteiger partial charge in [0, 0.05) is 38.2 Å². The average molecular weight is 770 g/mol. The Labute approximate surface area is 346 Å². The van der Waals surface area contributed by atoms with Crippen LogP contribution in [0.1, 0.15) is 17.5 Å². The number of allylic oxidation sites excluding steroid dienone is 1. The van der Waals surface area contributed by atoms with Gasteiger partial charge in [0.15, 0.2) is 17.5 Å². The van der Waals surface area contributed by atoms with Crippen molar-refractivity contribution in [3.05, 3.63) is 193 Å². The molecule has 0 unspecified atom stereocenters. The van der Waals surface area contributed by atoms with Gasteiger partial charge in [-0.05, 0) is 99.8 Å². The molecule has 1 aliphatic carbocycles. The highest BCUT2D eigenvalue weighted by atomic mass is 16.3. The lowest BCUT2D eigenvalue weighted by molar-refractivity contribution is 0.668. The minimum Gasteiger partial charge on any atom is -0.456 e. The van der Waals surface area contributed by atoms with E-state index in [1.54, 1.807) is 0 Å². The summed E-state index contributed by atoms with van der Waals surface area (Å²) in [7, 11) is 0. The predicted octanol–water partition coefficient (Wildman–Crippen LogP) is 14.6. The molecule has 0 amide bonds. The Morgan fingerprint density at radius 1 is 0.383 bits per heavy atom. The number of rotatable bonds is 6. The summed E-state index contributed by atoms with van der Waals surface area (Å²) in [5.74, 6) is 1.77. The maximum atomic E-state index is 6.54. The number of fused-ring (bicyclic) bond motifs is 7. The molecule has 11 aromatic rings. The molecule has 282 valence electrons. The van der Waals surface area contributed by atoms with Crippen molar-refractivity contribution in [2.45, 2.75) is 12.8 Å². The summed E-state index contributed by atoms with van der Waals surface area (Å²) < 4.78 is 12.9. The monoisotopic (exact) mass is 769 g/mol. The van der Waals surface area contributed by atoms with Crippen LogP contribution in [-0.2, 0) is 6.42 Å². The van der Waals surface area contributed by atoms with E-state index in [-0.39, 0.29) is 0 Å². The van der Waals surface area contributed by atoms with Crippen molar-refractivity contribution in [1.29, 1.82) is 0 Å². The van der Waals surface area contributed by atoms with Crippen LogP contribution in [0.4, 0.5) is 0 Å². The van der Waals surface area contributed by atoms with Crippen LogP contribution in [-0.4, -0.2) is 15.0 Å². The lowest BCUT2D eigenvalue weighted by Crippen LogP contribution is -2.05. The molecule has 0 saturated carbocycles. The van der Waals surface area contributed by atoms with E-state index in [9.17, 15) is 0 Å². The van der Waals surface area contributed by atoms with Crippen LogP contribution in [0, 0.1) is 0 Å². The van der Waals surface area contributed by atoms with Gasteiger partial charge in [-0.15, -0.1) is 0 Å². The standard InChI is InChI=1S/C55H35N3O2/c1-3-14-34(15-4-1)36-18-13-19-37(32-36)40-30-31-49-51(46-23-10-12-25-48(46)59-49)52(40)55-57-53(38-26-27-44-43-22-9-11-24-47(43)60-50(44)33-38)56-54(58-55)45-29-28-39(35-16-5-2-6-17-35)41-20-7-8-21-42(41)45/h1-7,9-20,22-33H,8,21H2. The fourth-order valence-corrected chi connectivity index (χ4v) is 9.02. The van der Waals surface area contributed by atoms with Crippen molar-refractivity contribution in [3.8, 4) is 67.5 Å². The maximum Gasteiger partial charge on any atom is 0.165 e. The molecule has 3 aromatic heterocycles. The zero-order valence-corrected chi connectivity index (χ0v) is 32.5. The second-order valence-corrected chi connectivity index (χ2v) is 15.4. The molecule has 5 nitrogen and oxygen atoms in total. The molecule has 3 heterocycles. The van der Waals surface area contributed by atoms with Crippen LogP contribution < -0.4 is 0 Å². The third-order valence-corrected chi connectivity index (χ3v) is 11.8. The van der Waals surface area contributed by atoms with Crippen LogP contribution in [0.2, 0.25) is 0 Å². The molecule has 0 N–H and O–H groups in total. The zero-order valence-electron chi connectivity index (χ0n) is 32.5. The van der Waals surface area contributed by atoms with E-state index in [1.807, 2.05) is 36.4 Å². The van der Waals surface area contributed by atoms with Crippen molar-refractivity contribution in [2.75, 3.05) is 0 Å². The lowest BCUT2D eigenvalue weighted by Gasteiger charge is -2.20. The lowest BCUT2D eigenvalue weighted by atomic mass is 9.86. The Morgan fingerprint density at radius 2 is 1.02 bits per heavy atom. The van der Waals surface area contributed by atoms with Gasteiger partial charge in [-0.3, -0.25) is 0 Å². The Hall–Kier alpha value is -7.89. The summed E-state index contributed by atoms with van der Waals surface area (Å²) in [6, 6.07) is 61.1. The molecule has 8 aromatic carbocycles. The maximum absolute atomic E-state index is 6.54. The molecule has 0 bridgehead atoms. The molecule has 0 spiro atoms. The van der Waals surface area contributed by atoms with Gasteiger partial charge in [0.2, 0.25) is 0 Å². The van der Waals surface area contributed by atoms with Crippen LogP contribution in [0.25, 0.3) is 117 Å². The first-order chi connectivity index (χ1) is 29.7. The molecular formula is C55H35N3O2. The largest absolute Gasteiger partial charge is 0.456 e. The van der Waals surface area contributed by atoms with Gasteiger partial charge in [-0.1, -0.05) is 146 Å². The van der Waals surface area contributed by atoms with Crippen molar-refractivity contribution >= 4 is 50.0 Å². The van der Waals surface area contributed by atoms with Gasteiger partial charge in [0.25, 0.3) is 0 Å². The van der Waals surface area contributed by atoms with Gasteiger partial charge in [0.1, 0.15) is 22.3 Å². The zero-order chi connectivity index (χ0) is 39.6.